The summed E-state index contributed by atoms with van der Waals surface area (Å²) in [6.07, 6.45) is 0.000786. The van der Waals surface area contributed by atoms with Crippen LogP contribution in [0, 0.1) is 18.7 Å². The standard InChI is InChI=1S/C24H27FN4O5/c1-14(2)34-20-10-9-19(11-15(20)3)26-22-27-23(32)29(12-16(4)21(30)31)24(33)28(22)13-17-5-7-18(25)8-6-17/h5-11,14,16H,12-13H2,1-4H3,(H,30,31)(H,26,27,32)/t16-/m0/s1. The molecule has 0 bridgehead atoms. The number of ether oxygens (including phenoxy) is 1. The van der Waals surface area contributed by atoms with Gasteiger partial charge < -0.3 is 15.2 Å². The van der Waals surface area contributed by atoms with Crippen LogP contribution < -0.4 is 21.4 Å². The molecule has 0 radical (unpaired) electrons. The van der Waals surface area contributed by atoms with Crippen molar-refractivity contribution in [1.82, 2.24) is 14.1 Å². The van der Waals surface area contributed by atoms with Crippen molar-refractivity contribution in [3.8, 4) is 5.75 Å². The molecule has 0 aliphatic carbocycles. The zero-order chi connectivity index (χ0) is 25.0. The molecule has 0 fully saturated rings. The van der Waals surface area contributed by atoms with Gasteiger partial charge >= 0.3 is 17.3 Å². The number of halogens is 1. The minimum Gasteiger partial charge on any atom is -0.491 e. The van der Waals surface area contributed by atoms with Crippen LogP contribution in [0.1, 0.15) is 31.9 Å². The molecule has 0 spiro atoms. The Balaban J connectivity index is 2.05. The molecule has 3 aromatic rings. The Kier molecular flexibility index (Phi) is 7.50. The number of rotatable bonds is 9. The van der Waals surface area contributed by atoms with Gasteiger partial charge in [-0.3, -0.25) is 9.36 Å². The van der Waals surface area contributed by atoms with Crippen molar-refractivity contribution in [2.45, 2.75) is 46.9 Å². The smallest absolute Gasteiger partial charge is 0.354 e. The van der Waals surface area contributed by atoms with Crippen molar-refractivity contribution < 1.29 is 19.0 Å². The average Bonchev–Trinajstić information content (AvgIpc) is 2.76. The van der Waals surface area contributed by atoms with Gasteiger partial charge in [0.2, 0.25) is 5.95 Å². The van der Waals surface area contributed by atoms with E-state index in [0.717, 1.165) is 10.1 Å². The summed E-state index contributed by atoms with van der Waals surface area (Å²) >= 11 is 0. The lowest BCUT2D eigenvalue weighted by atomic mass is 10.2. The highest BCUT2D eigenvalue weighted by Gasteiger charge is 2.19. The molecule has 9 nitrogen and oxygen atoms in total. The predicted octanol–water partition coefficient (Wildman–Crippen LogP) is 3.15. The molecule has 34 heavy (non-hydrogen) atoms. The van der Waals surface area contributed by atoms with Gasteiger partial charge in [0.15, 0.2) is 0 Å². The molecular formula is C24H27FN4O5. The van der Waals surface area contributed by atoms with E-state index >= 15 is 0 Å². The first-order valence-electron chi connectivity index (χ1n) is 10.8. The lowest BCUT2D eigenvalue weighted by Gasteiger charge is -2.18. The molecule has 2 N–H and O–H groups in total. The summed E-state index contributed by atoms with van der Waals surface area (Å²) in [6, 6.07) is 10.9. The molecule has 0 saturated heterocycles. The number of aliphatic carboxylic acids is 1. The summed E-state index contributed by atoms with van der Waals surface area (Å²) in [5.41, 5.74) is 0.421. The van der Waals surface area contributed by atoms with Gasteiger partial charge in [0.05, 0.1) is 18.6 Å². The normalized spacial score (nSPS) is 11.9. The summed E-state index contributed by atoms with van der Waals surface area (Å²) in [7, 11) is 0. The fraction of sp³-hybridized carbons (Fsp3) is 0.333. The Morgan fingerprint density at radius 3 is 2.38 bits per heavy atom. The summed E-state index contributed by atoms with van der Waals surface area (Å²) < 4.78 is 21.1. The minimum atomic E-state index is -1.14. The van der Waals surface area contributed by atoms with Gasteiger partial charge in [-0.25, -0.2) is 18.5 Å². The number of anilines is 2. The van der Waals surface area contributed by atoms with Crippen LogP contribution in [0.3, 0.4) is 0 Å². The molecule has 0 saturated carbocycles. The maximum Gasteiger partial charge on any atom is 0.354 e. The number of nitrogens with zero attached hydrogens (tertiary/aromatic N) is 3. The van der Waals surface area contributed by atoms with Crippen molar-refractivity contribution in [1.29, 1.82) is 0 Å². The lowest BCUT2D eigenvalue weighted by molar-refractivity contribution is -0.141. The van der Waals surface area contributed by atoms with Gasteiger partial charge in [-0.2, -0.15) is 4.98 Å². The first kappa shape index (κ1) is 24.7. The maximum atomic E-state index is 13.4. The monoisotopic (exact) mass is 470 g/mol. The van der Waals surface area contributed by atoms with E-state index in [9.17, 15) is 23.9 Å². The molecule has 1 heterocycles. The second kappa shape index (κ2) is 10.3. The number of carbonyl (C=O) groups is 1. The van der Waals surface area contributed by atoms with Crippen LogP contribution in [0.25, 0.3) is 0 Å². The highest BCUT2D eigenvalue weighted by Crippen LogP contribution is 2.24. The lowest BCUT2D eigenvalue weighted by Crippen LogP contribution is -2.44. The Bertz CT molecular complexity index is 1300. The first-order valence-corrected chi connectivity index (χ1v) is 10.8. The molecule has 0 aliphatic heterocycles. The number of aryl methyl sites for hydroxylation is 1. The van der Waals surface area contributed by atoms with Crippen LogP contribution in [0.5, 0.6) is 5.75 Å². The first-order chi connectivity index (χ1) is 16.0. The molecule has 1 aromatic heterocycles. The van der Waals surface area contributed by atoms with Crippen molar-refractivity contribution in [3.63, 3.8) is 0 Å². The largest absolute Gasteiger partial charge is 0.491 e. The predicted molar refractivity (Wildman–Crippen MR) is 125 cm³/mol. The fourth-order valence-electron chi connectivity index (χ4n) is 3.29. The Labute approximate surface area is 195 Å². The van der Waals surface area contributed by atoms with E-state index in [0.29, 0.717) is 17.0 Å². The average molecular weight is 471 g/mol. The number of hydrogen-bond donors (Lipinski definition) is 2. The van der Waals surface area contributed by atoms with Gasteiger partial charge in [-0.15, -0.1) is 0 Å². The molecule has 0 aliphatic rings. The van der Waals surface area contributed by atoms with Gasteiger partial charge in [0.25, 0.3) is 0 Å². The van der Waals surface area contributed by atoms with E-state index in [2.05, 4.69) is 10.3 Å². The van der Waals surface area contributed by atoms with E-state index in [1.54, 1.807) is 18.2 Å². The SMILES string of the molecule is Cc1cc(Nc2nc(=O)n(C[C@H](C)C(=O)O)c(=O)n2Cc2ccc(F)cc2)ccc1OC(C)C. The van der Waals surface area contributed by atoms with E-state index in [-0.39, 0.29) is 25.1 Å². The zero-order valence-corrected chi connectivity index (χ0v) is 19.4. The maximum absolute atomic E-state index is 13.4. The summed E-state index contributed by atoms with van der Waals surface area (Å²) in [4.78, 5) is 41.2. The van der Waals surface area contributed by atoms with Crippen LogP contribution in [-0.4, -0.2) is 31.3 Å². The Morgan fingerprint density at radius 1 is 1.12 bits per heavy atom. The number of hydrogen-bond acceptors (Lipinski definition) is 6. The minimum absolute atomic E-state index is 0.000786. The van der Waals surface area contributed by atoms with Crippen LogP contribution in [0.4, 0.5) is 16.0 Å². The Hall–Kier alpha value is -3.95. The van der Waals surface area contributed by atoms with Crippen LogP contribution in [0.2, 0.25) is 0 Å². The summed E-state index contributed by atoms with van der Waals surface area (Å²) in [6.45, 7) is 6.77. The molecular weight excluding hydrogens is 443 g/mol. The fourth-order valence-corrected chi connectivity index (χ4v) is 3.29. The van der Waals surface area contributed by atoms with Gasteiger partial charge in [0, 0.05) is 12.2 Å². The van der Waals surface area contributed by atoms with Gasteiger partial charge in [-0.05, 0) is 62.2 Å². The van der Waals surface area contributed by atoms with E-state index in [4.69, 9.17) is 4.74 Å². The topological polar surface area (TPSA) is 115 Å². The van der Waals surface area contributed by atoms with Crippen LogP contribution >= 0.6 is 0 Å². The van der Waals surface area contributed by atoms with Gasteiger partial charge in [-0.1, -0.05) is 19.1 Å². The highest BCUT2D eigenvalue weighted by atomic mass is 19.1. The molecule has 1 atom stereocenters. The summed E-state index contributed by atoms with van der Waals surface area (Å²) in [5.74, 6) is -1.85. The third-order valence-electron chi connectivity index (χ3n) is 5.08. The molecule has 2 aromatic carbocycles. The third kappa shape index (κ3) is 5.89. The van der Waals surface area contributed by atoms with Crippen LogP contribution in [-0.2, 0) is 17.9 Å². The van der Waals surface area contributed by atoms with Crippen molar-refractivity contribution >= 4 is 17.6 Å². The summed E-state index contributed by atoms with van der Waals surface area (Å²) in [5, 5.41) is 12.2. The molecule has 0 unspecified atom stereocenters. The molecule has 180 valence electrons. The van der Waals surface area contributed by atoms with E-state index < -0.39 is 29.1 Å². The number of nitrogens with one attached hydrogen (secondary N) is 1. The number of carboxylic acids is 1. The Morgan fingerprint density at radius 2 is 1.79 bits per heavy atom. The van der Waals surface area contributed by atoms with Gasteiger partial charge in [0.1, 0.15) is 11.6 Å². The van der Waals surface area contributed by atoms with Crippen molar-refractivity contribution in [3.05, 3.63) is 80.4 Å². The highest BCUT2D eigenvalue weighted by molar-refractivity contribution is 5.69. The molecule has 3 rings (SSSR count). The number of aromatic nitrogens is 3. The number of benzene rings is 2. The van der Waals surface area contributed by atoms with Crippen molar-refractivity contribution in [2.24, 2.45) is 5.92 Å². The molecule has 0 amide bonds. The quantitative estimate of drug-likeness (QED) is 0.494. The molecule has 10 heteroatoms. The second-order valence-electron chi connectivity index (χ2n) is 8.33. The third-order valence-corrected chi connectivity index (χ3v) is 5.08. The number of carboxylic acid groups (broad SMARTS) is 1. The van der Waals surface area contributed by atoms with Crippen molar-refractivity contribution in [2.75, 3.05) is 5.32 Å². The van der Waals surface area contributed by atoms with Crippen LogP contribution in [0.15, 0.2) is 52.1 Å². The van der Waals surface area contributed by atoms with E-state index in [1.165, 1.54) is 35.8 Å². The zero-order valence-electron chi connectivity index (χ0n) is 19.4. The van der Waals surface area contributed by atoms with E-state index in [1.807, 2.05) is 20.8 Å². The second-order valence-corrected chi connectivity index (χ2v) is 8.33.